The molecule has 0 N–H and O–H groups in total. The predicted octanol–water partition coefficient (Wildman–Crippen LogP) is 5.23. The van der Waals surface area contributed by atoms with Gasteiger partial charge >= 0.3 is 0 Å². The van der Waals surface area contributed by atoms with Crippen molar-refractivity contribution < 1.29 is 9.18 Å². The molecule has 0 saturated heterocycles. The number of hydrogen-bond acceptors (Lipinski definition) is 2. The molecule has 2 aromatic rings. The predicted molar refractivity (Wildman–Crippen MR) is 98.6 cm³/mol. The zero-order valence-corrected chi connectivity index (χ0v) is 15.1. The van der Waals surface area contributed by atoms with E-state index in [0.29, 0.717) is 17.3 Å². The summed E-state index contributed by atoms with van der Waals surface area (Å²) in [6.07, 6.45) is 0.887. The maximum Gasteiger partial charge on any atom is 0.278 e. The van der Waals surface area contributed by atoms with Gasteiger partial charge in [0.1, 0.15) is 11.5 Å². The molecule has 0 saturated carbocycles. The van der Waals surface area contributed by atoms with E-state index >= 15 is 0 Å². The second kappa shape index (κ2) is 5.40. The van der Waals surface area contributed by atoms with Gasteiger partial charge in [-0.05, 0) is 43.9 Å². The van der Waals surface area contributed by atoms with Crippen molar-refractivity contribution in [3.8, 4) is 0 Å². The Kier molecular flexibility index (Phi) is 3.51. The summed E-state index contributed by atoms with van der Waals surface area (Å²) in [5.41, 5.74) is 3.39. The molecule has 5 heteroatoms. The van der Waals surface area contributed by atoms with Gasteiger partial charge in [0, 0.05) is 17.2 Å². The lowest BCUT2D eigenvalue weighted by atomic mass is 9.80. The van der Waals surface area contributed by atoms with E-state index in [1.54, 1.807) is 6.07 Å². The molecular formula is C20H18ClFN2O. The van der Waals surface area contributed by atoms with Gasteiger partial charge < -0.3 is 4.90 Å². The fourth-order valence-electron chi connectivity index (χ4n) is 4.04. The average Bonchev–Trinajstić information content (AvgIpc) is 2.82. The Hall–Kier alpha value is -2.20. The Morgan fingerprint density at radius 1 is 1.28 bits per heavy atom. The number of halogens is 2. The normalized spacial score (nSPS) is 22.4. The van der Waals surface area contributed by atoms with Gasteiger partial charge in [0.25, 0.3) is 5.91 Å². The van der Waals surface area contributed by atoms with Crippen LogP contribution in [-0.2, 0) is 4.79 Å². The monoisotopic (exact) mass is 356 g/mol. The van der Waals surface area contributed by atoms with Gasteiger partial charge in [-0.1, -0.05) is 36.7 Å². The molecule has 25 heavy (non-hydrogen) atoms. The van der Waals surface area contributed by atoms with E-state index < -0.39 is 5.82 Å². The van der Waals surface area contributed by atoms with Gasteiger partial charge in [0.2, 0.25) is 0 Å². The lowest BCUT2D eigenvalue weighted by Gasteiger charge is -2.43. The minimum Gasteiger partial charge on any atom is -0.300 e. The van der Waals surface area contributed by atoms with Crippen molar-refractivity contribution in [1.82, 2.24) is 0 Å². The van der Waals surface area contributed by atoms with Crippen molar-refractivity contribution in [2.45, 2.75) is 38.6 Å². The standard InChI is InChI=1S/C20H18ClFN2O/c1-11-10-20(2,3)24-18-13(11)5-4-6-14(18)17(19(24)25)23-12-7-8-15(21)16(22)9-12/h4-9,11H,10H2,1-3H3/t11-/m0/s1. The number of anilines is 1. The van der Waals surface area contributed by atoms with Crippen LogP contribution in [0.3, 0.4) is 0 Å². The summed E-state index contributed by atoms with van der Waals surface area (Å²) in [6, 6.07) is 10.3. The number of carbonyl (C=O) groups excluding carboxylic acids is 1. The van der Waals surface area contributed by atoms with Gasteiger partial charge in [-0.25, -0.2) is 9.38 Å². The van der Waals surface area contributed by atoms with Gasteiger partial charge in [-0.3, -0.25) is 4.79 Å². The Bertz CT molecular complexity index is 935. The third-order valence-corrected chi connectivity index (χ3v) is 5.34. The van der Waals surface area contributed by atoms with Gasteiger partial charge in [-0.2, -0.15) is 0 Å². The average molecular weight is 357 g/mol. The zero-order valence-electron chi connectivity index (χ0n) is 14.3. The van der Waals surface area contributed by atoms with E-state index in [0.717, 1.165) is 23.2 Å². The Balaban J connectivity index is 1.92. The van der Waals surface area contributed by atoms with Crippen LogP contribution in [0.25, 0.3) is 0 Å². The fourth-order valence-corrected chi connectivity index (χ4v) is 4.16. The number of nitrogens with zero attached hydrogens (tertiary/aromatic N) is 2. The zero-order chi connectivity index (χ0) is 17.9. The van der Waals surface area contributed by atoms with Gasteiger partial charge in [-0.15, -0.1) is 0 Å². The Morgan fingerprint density at radius 2 is 2.04 bits per heavy atom. The van der Waals surface area contributed by atoms with Crippen LogP contribution in [0, 0.1) is 5.82 Å². The summed E-state index contributed by atoms with van der Waals surface area (Å²) >= 11 is 5.74. The van der Waals surface area contributed by atoms with E-state index in [1.807, 2.05) is 17.0 Å². The summed E-state index contributed by atoms with van der Waals surface area (Å²) in [7, 11) is 0. The number of carbonyl (C=O) groups is 1. The molecule has 1 amide bonds. The van der Waals surface area contributed by atoms with Crippen LogP contribution in [0.1, 0.15) is 44.2 Å². The molecule has 2 aliphatic heterocycles. The van der Waals surface area contributed by atoms with Crippen molar-refractivity contribution in [2.24, 2.45) is 4.99 Å². The smallest absolute Gasteiger partial charge is 0.278 e. The number of benzene rings is 2. The first kappa shape index (κ1) is 16.3. The van der Waals surface area contributed by atoms with E-state index in [-0.39, 0.29) is 16.5 Å². The van der Waals surface area contributed by atoms with E-state index in [1.165, 1.54) is 12.1 Å². The molecule has 0 bridgehead atoms. The Morgan fingerprint density at radius 3 is 2.76 bits per heavy atom. The number of aliphatic imine (C=N–C) groups is 1. The maximum absolute atomic E-state index is 13.7. The first-order valence-electron chi connectivity index (χ1n) is 8.31. The van der Waals surface area contributed by atoms with E-state index in [9.17, 15) is 9.18 Å². The third kappa shape index (κ3) is 2.39. The van der Waals surface area contributed by atoms with Crippen LogP contribution < -0.4 is 4.90 Å². The molecule has 0 radical (unpaired) electrons. The molecule has 2 heterocycles. The van der Waals surface area contributed by atoms with Crippen molar-refractivity contribution in [2.75, 3.05) is 4.90 Å². The molecule has 2 aromatic carbocycles. The molecule has 4 rings (SSSR count). The van der Waals surface area contributed by atoms with Crippen LogP contribution >= 0.6 is 11.6 Å². The SMILES string of the molecule is C[C@H]1CC(C)(C)N2C(=O)C(=Nc3ccc(Cl)c(F)c3)c3cccc1c32. The minimum atomic E-state index is -0.543. The summed E-state index contributed by atoms with van der Waals surface area (Å²) < 4.78 is 13.7. The number of para-hydroxylation sites is 1. The molecule has 0 unspecified atom stereocenters. The highest BCUT2D eigenvalue weighted by atomic mass is 35.5. The molecular weight excluding hydrogens is 339 g/mol. The molecule has 2 aliphatic rings. The summed E-state index contributed by atoms with van der Waals surface area (Å²) in [5.74, 6) is -0.311. The maximum atomic E-state index is 13.7. The van der Waals surface area contributed by atoms with Crippen LogP contribution in [0.4, 0.5) is 15.8 Å². The molecule has 0 spiro atoms. The van der Waals surface area contributed by atoms with Crippen molar-refractivity contribution in [3.05, 3.63) is 58.4 Å². The van der Waals surface area contributed by atoms with Crippen molar-refractivity contribution in [3.63, 3.8) is 0 Å². The highest BCUT2D eigenvalue weighted by Gasteiger charge is 2.47. The topological polar surface area (TPSA) is 32.7 Å². The lowest BCUT2D eigenvalue weighted by Crippen LogP contribution is -2.50. The second-order valence-electron chi connectivity index (χ2n) is 7.36. The third-order valence-electron chi connectivity index (χ3n) is 5.04. The number of amides is 1. The fraction of sp³-hybridized carbons (Fsp3) is 0.300. The molecule has 3 nitrogen and oxygen atoms in total. The van der Waals surface area contributed by atoms with Crippen LogP contribution in [0.15, 0.2) is 41.4 Å². The molecule has 1 atom stereocenters. The van der Waals surface area contributed by atoms with E-state index in [4.69, 9.17) is 11.6 Å². The van der Waals surface area contributed by atoms with E-state index in [2.05, 4.69) is 31.8 Å². The highest BCUT2D eigenvalue weighted by molar-refractivity contribution is 6.55. The quantitative estimate of drug-likeness (QED) is 0.688. The van der Waals surface area contributed by atoms with Crippen LogP contribution in [0.5, 0.6) is 0 Å². The van der Waals surface area contributed by atoms with Crippen molar-refractivity contribution >= 4 is 34.6 Å². The number of hydrogen-bond donors (Lipinski definition) is 0. The molecule has 0 aliphatic carbocycles. The largest absolute Gasteiger partial charge is 0.300 e. The summed E-state index contributed by atoms with van der Waals surface area (Å²) in [6.45, 7) is 6.33. The highest BCUT2D eigenvalue weighted by Crippen LogP contribution is 2.48. The molecule has 0 fully saturated rings. The number of rotatable bonds is 1. The minimum absolute atomic E-state index is 0.0406. The Labute approximate surface area is 151 Å². The van der Waals surface area contributed by atoms with Gasteiger partial charge in [0.05, 0.1) is 16.4 Å². The molecule has 0 aromatic heterocycles. The van der Waals surface area contributed by atoms with Crippen LogP contribution in [0.2, 0.25) is 5.02 Å². The van der Waals surface area contributed by atoms with Gasteiger partial charge in [0.15, 0.2) is 0 Å². The second-order valence-corrected chi connectivity index (χ2v) is 7.77. The molecule has 128 valence electrons. The van der Waals surface area contributed by atoms with Crippen molar-refractivity contribution in [1.29, 1.82) is 0 Å². The lowest BCUT2D eigenvalue weighted by molar-refractivity contribution is -0.113. The first-order valence-corrected chi connectivity index (χ1v) is 8.69. The summed E-state index contributed by atoms with van der Waals surface area (Å²) in [4.78, 5) is 19.5. The first-order chi connectivity index (χ1) is 11.8. The summed E-state index contributed by atoms with van der Waals surface area (Å²) in [5, 5.41) is 0.0406. The van der Waals surface area contributed by atoms with Crippen LogP contribution in [-0.4, -0.2) is 17.2 Å².